The minimum absolute atomic E-state index is 0.179. The van der Waals surface area contributed by atoms with Gasteiger partial charge in [-0.25, -0.2) is 0 Å². The Hall–Kier alpha value is -2.96. The van der Waals surface area contributed by atoms with Gasteiger partial charge in [0.2, 0.25) is 11.8 Å². The summed E-state index contributed by atoms with van der Waals surface area (Å²) in [5, 5.41) is 3.86. The molecule has 0 saturated carbocycles. The molecule has 3 amide bonds. The van der Waals surface area contributed by atoms with Crippen LogP contribution >= 0.6 is 0 Å². The van der Waals surface area contributed by atoms with Crippen molar-refractivity contribution < 1.29 is 18.9 Å². The van der Waals surface area contributed by atoms with Crippen molar-refractivity contribution in [1.82, 2.24) is 10.1 Å². The number of hydrogen-bond acceptors (Lipinski definition) is 5. The summed E-state index contributed by atoms with van der Waals surface area (Å²) in [7, 11) is 1.67. The second-order valence-corrected chi connectivity index (χ2v) is 5.76. The summed E-state index contributed by atoms with van der Waals surface area (Å²) in [6.45, 7) is 2.12. The van der Waals surface area contributed by atoms with Gasteiger partial charge in [0.05, 0.1) is 12.2 Å². The summed E-state index contributed by atoms with van der Waals surface area (Å²) in [5.41, 5.74) is 1.64. The first-order valence-corrected chi connectivity index (χ1v) is 7.59. The molecule has 1 aliphatic heterocycles. The number of benzene rings is 1. The van der Waals surface area contributed by atoms with Gasteiger partial charge in [0, 0.05) is 31.5 Å². The van der Waals surface area contributed by atoms with E-state index in [4.69, 9.17) is 4.52 Å². The highest BCUT2D eigenvalue weighted by Crippen LogP contribution is 2.23. The van der Waals surface area contributed by atoms with Crippen molar-refractivity contribution in [2.45, 2.75) is 26.3 Å². The summed E-state index contributed by atoms with van der Waals surface area (Å²) >= 11 is 0. The molecule has 1 fully saturated rings. The number of carbonyl (C=O) groups excluding carboxylic acids is 3. The first kappa shape index (κ1) is 15.9. The van der Waals surface area contributed by atoms with Crippen LogP contribution in [-0.4, -0.2) is 34.8 Å². The third-order valence-corrected chi connectivity index (χ3v) is 3.85. The molecule has 0 bridgehead atoms. The summed E-state index contributed by atoms with van der Waals surface area (Å²) < 4.78 is 4.99. The van der Waals surface area contributed by atoms with E-state index in [1.165, 1.54) is 4.90 Å². The van der Waals surface area contributed by atoms with Crippen LogP contribution in [0.3, 0.4) is 0 Å². The fourth-order valence-corrected chi connectivity index (χ4v) is 2.65. The van der Waals surface area contributed by atoms with E-state index in [1.54, 1.807) is 44.3 Å². The van der Waals surface area contributed by atoms with Crippen molar-refractivity contribution in [2.75, 3.05) is 11.9 Å². The number of rotatable bonds is 4. The second-order valence-electron chi connectivity index (χ2n) is 5.76. The molecule has 7 heteroatoms. The Bertz CT molecular complexity index is 778. The van der Waals surface area contributed by atoms with Gasteiger partial charge in [0.1, 0.15) is 11.5 Å². The number of anilines is 1. The number of carbonyl (C=O) groups is 3. The molecule has 1 saturated heterocycles. The number of aryl methyl sites for hydroxylation is 1. The van der Waals surface area contributed by atoms with Gasteiger partial charge >= 0.3 is 0 Å². The van der Waals surface area contributed by atoms with E-state index < -0.39 is 0 Å². The average molecular weight is 327 g/mol. The van der Waals surface area contributed by atoms with Crippen molar-refractivity contribution in [2.24, 2.45) is 0 Å². The minimum atomic E-state index is -0.211. The van der Waals surface area contributed by atoms with Gasteiger partial charge in [-0.1, -0.05) is 5.16 Å². The van der Waals surface area contributed by atoms with Crippen LogP contribution in [0.1, 0.15) is 34.7 Å². The molecule has 0 radical (unpaired) electrons. The molecular formula is C17H17N3O4. The third kappa shape index (κ3) is 3.05. The highest BCUT2D eigenvalue weighted by Gasteiger charge is 2.30. The van der Waals surface area contributed by atoms with Crippen LogP contribution in [0.15, 0.2) is 34.9 Å². The Kier molecular flexibility index (Phi) is 4.16. The van der Waals surface area contributed by atoms with Gasteiger partial charge < -0.3 is 9.42 Å². The normalized spacial score (nSPS) is 14.3. The van der Waals surface area contributed by atoms with Crippen LogP contribution in [0.4, 0.5) is 5.69 Å². The predicted molar refractivity (Wildman–Crippen MR) is 85.2 cm³/mol. The Morgan fingerprint density at radius 1 is 1.21 bits per heavy atom. The maximum Gasteiger partial charge on any atom is 0.253 e. The van der Waals surface area contributed by atoms with Gasteiger partial charge in [-0.05, 0) is 31.2 Å². The maximum absolute atomic E-state index is 12.4. The van der Waals surface area contributed by atoms with E-state index in [0.29, 0.717) is 29.2 Å². The summed E-state index contributed by atoms with van der Waals surface area (Å²) in [6.07, 6.45) is 0.471. The van der Waals surface area contributed by atoms with Crippen molar-refractivity contribution >= 4 is 23.4 Å². The Balaban J connectivity index is 1.71. The van der Waals surface area contributed by atoms with Crippen molar-refractivity contribution in [1.29, 1.82) is 0 Å². The molecule has 124 valence electrons. The van der Waals surface area contributed by atoms with Crippen molar-refractivity contribution in [3.63, 3.8) is 0 Å². The lowest BCUT2D eigenvalue weighted by Crippen LogP contribution is -2.29. The molecular weight excluding hydrogens is 310 g/mol. The molecule has 0 N–H and O–H groups in total. The smallest absolute Gasteiger partial charge is 0.253 e. The van der Waals surface area contributed by atoms with Crippen LogP contribution in [0.25, 0.3) is 0 Å². The van der Waals surface area contributed by atoms with Gasteiger partial charge in [0.15, 0.2) is 0 Å². The zero-order chi connectivity index (χ0) is 17.3. The largest absolute Gasteiger partial charge is 0.361 e. The zero-order valence-electron chi connectivity index (χ0n) is 13.5. The van der Waals surface area contributed by atoms with Crippen LogP contribution in [0.5, 0.6) is 0 Å². The lowest BCUT2D eigenvalue weighted by Gasteiger charge is -2.17. The quantitative estimate of drug-likeness (QED) is 0.801. The summed E-state index contributed by atoms with van der Waals surface area (Å²) in [4.78, 5) is 38.6. The molecule has 7 nitrogen and oxygen atoms in total. The lowest BCUT2D eigenvalue weighted by molar-refractivity contribution is -0.121. The van der Waals surface area contributed by atoms with E-state index >= 15 is 0 Å². The Labute approximate surface area is 138 Å². The number of hydrogen-bond donors (Lipinski definition) is 0. The zero-order valence-corrected chi connectivity index (χ0v) is 13.5. The first-order valence-electron chi connectivity index (χ1n) is 7.59. The number of nitrogens with zero attached hydrogens (tertiary/aromatic N) is 3. The molecule has 3 rings (SSSR count). The first-order chi connectivity index (χ1) is 11.5. The maximum atomic E-state index is 12.4. The van der Waals surface area contributed by atoms with E-state index in [1.807, 2.05) is 0 Å². The Morgan fingerprint density at radius 2 is 1.83 bits per heavy atom. The molecule has 2 aromatic rings. The van der Waals surface area contributed by atoms with Gasteiger partial charge in [0.25, 0.3) is 5.91 Å². The fraction of sp³-hybridized carbons (Fsp3) is 0.294. The van der Waals surface area contributed by atoms with E-state index in [0.717, 1.165) is 4.90 Å². The Morgan fingerprint density at radius 3 is 2.38 bits per heavy atom. The molecule has 0 aliphatic carbocycles. The molecule has 0 spiro atoms. The standard InChI is InChI=1S/C17H17N3O4/c1-11-9-13(18-24-11)10-19(2)17(23)12-3-5-14(6-4-12)20-15(21)7-8-16(20)22/h3-6,9H,7-8,10H2,1-2H3. The molecule has 1 aromatic carbocycles. The highest BCUT2D eigenvalue weighted by molar-refractivity contribution is 6.19. The fourth-order valence-electron chi connectivity index (χ4n) is 2.65. The molecule has 2 heterocycles. The van der Waals surface area contributed by atoms with Crippen molar-refractivity contribution in [3.05, 3.63) is 47.3 Å². The average Bonchev–Trinajstić information content (AvgIpc) is 3.12. The summed E-state index contributed by atoms with van der Waals surface area (Å²) in [6, 6.07) is 8.23. The SMILES string of the molecule is Cc1cc(CN(C)C(=O)c2ccc(N3C(=O)CCC3=O)cc2)no1. The number of aromatic nitrogens is 1. The van der Waals surface area contributed by atoms with E-state index in [9.17, 15) is 14.4 Å². The predicted octanol–water partition coefficient (Wildman–Crippen LogP) is 1.91. The molecule has 24 heavy (non-hydrogen) atoms. The monoisotopic (exact) mass is 327 g/mol. The van der Waals surface area contributed by atoms with Crippen LogP contribution in [0.2, 0.25) is 0 Å². The van der Waals surface area contributed by atoms with E-state index in [-0.39, 0.29) is 30.6 Å². The molecule has 1 aliphatic rings. The highest BCUT2D eigenvalue weighted by atomic mass is 16.5. The van der Waals surface area contributed by atoms with Crippen LogP contribution in [0, 0.1) is 6.92 Å². The third-order valence-electron chi connectivity index (χ3n) is 3.85. The van der Waals surface area contributed by atoms with Gasteiger partial charge in [-0.3, -0.25) is 19.3 Å². The van der Waals surface area contributed by atoms with E-state index in [2.05, 4.69) is 5.16 Å². The van der Waals surface area contributed by atoms with Gasteiger partial charge in [-0.15, -0.1) is 0 Å². The number of imide groups is 1. The van der Waals surface area contributed by atoms with Crippen molar-refractivity contribution in [3.8, 4) is 0 Å². The summed E-state index contributed by atoms with van der Waals surface area (Å²) in [5.74, 6) is 0.0895. The topological polar surface area (TPSA) is 83.7 Å². The van der Waals surface area contributed by atoms with Crippen LogP contribution < -0.4 is 4.90 Å². The molecule has 0 atom stereocenters. The van der Waals surface area contributed by atoms with Crippen LogP contribution in [-0.2, 0) is 16.1 Å². The molecule has 1 aromatic heterocycles. The lowest BCUT2D eigenvalue weighted by atomic mass is 10.1. The van der Waals surface area contributed by atoms with Gasteiger partial charge in [-0.2, -0.15) is 0 Å². The second kappa shape index (κ2) is 6.27. The molecule has 0 unspecified atom stereocenters. The minimum Gasteiger partial charge on any atom is -0.361 e. The number of amides is 3.